The highest BCUT2D eigenvalue weighted by molar-refractivity contribution is 9.10. The summed E-state index contributed by atoms with van der Waals surface area (Å²) in [7, 11) is 0. The van der Waals surface area contributed by atoms with Crippen LogP contribution in [0.1, 0.15) is 16.8 Å². The molecule has 0 aliphatic carbocycles. The Hall–Kier alpha value is -2.61. The minimum atomic E-state index is -0.168. The number of hydrogen-bond donors (Lipinski definition) is 1. The molecule has 2 heterocycles. The highest BCUT2D eigenvalue weighted by Gasteiger charge is 2.10. The van der Waals surface area contributed by atoms with Gasteiger partial charge in [-0.1, -0.05) is 17.7 Å². The van der Waals surface area contributed by atoms with Gasteiger partial charge in [-0.15, -0.1) is 0 Å². The van der Waals surface area contributed by atoms with Crippen LogP contribution in [0.2, 0.25) is 0 Å². The van der Waals surface area contributed by atoms with Crippen molar-refractivity contribution in [2.45, 2.75) is 34.0 Å². The lowest BCUT2D eigenvalue weighted by molar-refractivity contribution is -0.116. The van der Waals surface area contributed by atoms with Crippen LogP contribution in [0.25, 0.3) is 0 Å². The molecule has 2 aromatic heterocycles. The van der Waals surface area contributed by atoms with E-state index in [-0.39, 0.29) is 19.2 Å². The SMILES string of the molecule is Cc1ccc(OCn2cc(NC(=O)Cn3ncc(Br)c3C)cn2)c(C)c1. The minimum Gasteiger partial charge on any atom is -0.471 e. The van der Waals surface area contributed by atoms with Gasteiger partial charge >= 0.3 is 0 Å². The lowest BCUT2D eigenvalue weighted by Gasteiger charge is -2.09. The van der Waals surface area contributed by atoms with Crippen molar-refractivity contribution in [3.05, 3.63) is 58.1 Å². The van der Waals surface area contributed by atoms with Crippen molar-refractivity contribution in [3.8, 4) is 5.75 Å². The van der Waals surface area contributed by atoms with Gasteiger partial charge in [0.05, 0.1) is 34.4 Å². The molecule has 0 atom stereocenters. The first-order chi connectivity index (χ1) is 12.4. The molecule has 0 aliphatic heterocycles. The molecule has 1 N–H and O–H groups in total. The maximum atomic E-state index is 12.2. The van der Waals surface area contributed by atoms with Crippen molar-refractivity contribution >= 4 is 27.5 Å². The number of aryl methyl sites for hydroxylation is 2. The maximum Gasteiger partial charge on any atom is 0.246 e. The summed E-state index contributed by atoms with van der Waals surface area (Å²) < 4.78 is 9.92. The predicted octanol–water partition coefficient (Wildman–Crippen LogP) is 3.44. The zero-order chi connectivity index (χ0) is 18.7. The number of halogens is 1. The number of aromatic nitrogens is 4. The fourth-order valence-corrected chi connectivity index (χ4v) is 2.81. The second-order valence-electron chi connectivity index (χ2n) is 6.09. The second kappa shape index (κ2) is 7.74. The summed E-state index contributed by atoms with van der Waals surface area (Å²) in [5.41, 5.74) is 3.78. The maximum absolute atomic E-state index is 12.2. The molecule has 0 saturated heterocycles. The normalized spacial score (nSPS) is 10.8. The third kappa shape index (κ3) is 4.32. The van der Waals surface area contributed by atoms with Crippen LogP contribution in [0.15, 0.2) is 41.3 Å². The van der Waals surface area contributed by atoms with Crippen molar-refractivity contribution in [2.75, 3.05) is 5.32 Å². The Morgan fingerprint density at radius 3 is 2.73 bits per heavy atom. The number of carbonyl (C=O) groups is 1. The Kier molecular flexibility index (Phi) is 5.41. The molecule has 3 rings (SSSR count). The van der Waals surface area contributed by atoms with E-state index in [0.29, 0.717) is 5.69 Å². The van der Waals surface area contributed by atoms with Crippen molar-refractivity contribution in [2.24, 2.45) is 0 Å². The van der Waals surface area contributed by atoms with Crippen LogP contribution in [-0.4, -0.2) is 25.5 Å². The molecule has 0 saturated carbocycles. The molecule has 136 valence electrons. The molecule has 0 aliphatic rings. The van der Waals surface area contributed by atoms with Gasteiger partial charge in [-0.05, 0) is 48.3 Å². The van der Waals surface area contributed by atoms with Crippen molar-refractivity contribution < 1.29 is 9.53 Å². The number of carbonyl (C=O) groups excluding carboxylic acids is 1. The third-order valence-corrected chi connectivity index (χ3v) is 4.71. The van der Waals surface area contributed by atoms with E-state index in [0.717, 1.165) is 21.5 Å². The monoisotopic (exact) mass is 417 g/mol. The van der Waals surface area contributed by atoms with E-state index in [1.54, 1.807) is 28.0 Å². The molecular weight excluding hydrogens is 398 g/mol. The van der Waals surface area contributed by atoms with E-state index in [1.807, 2.05) is 32.9 Å². The molecule has 1 amide bonds. The van der Waals surface area contributed by atoms with Gasteiger partial charge in [-0.3, -0.25) is 9.48 Å². The van der Waals surface area contributed by atoms with Crippen molar-refractivity contribution in [1.82, 2.24) is 19.6 Å². The average molecular weight is 418 g/mol. The topological polar surface area (TPSA) is 74.0 Å². The smallest absolute Gasteiger partial charge is 0.246 e. The van der Waals surface area contributed by atoms with E-state index in [9.17, 15) is 4.79 Å². The highest BCUT2D eigenvalue weighted by Crippen LogP contribution is 2.19. The number of amides is 1. The van der Waals surface area contributed by atoms with Gasteiger partial charge in [0.2, 0.25) is 5.91 Å². The first kappa shape index (κ1) is 18.2. The molecule has 8 heteroatoms. The van der Waals surface area contributed by atoms with Crippen LogP contribution in [0.4, 0.5) is 5.69 Å². The molecule has 3 aromatic rings. The number of nitrogens with zero attached hydrogens (tertiary/aromatic N) is 4. The third-order valence-electron chi connectivity index (χ3n) is 3.94. The Morgan fingerprint density at radius 2 is 2.04 bits per heavy atom. The summed E-state index contributed by atoms with van der Waals surface area (Å²) in [6.45, 7) is 6.36. The van der Waals surface area contributed by atoms with Crippen LogP contribution in [0.5, 0.6) is 5.75 Å². The van der Waals surface area contributed by atoms with Gasteiger partial charge in [-0.2, -0.15) is 10.2 Å². The molecule has 0 spiro atoms. The summed E-state index contributed by atoms with van der Waals surface area (Å²) >= 11 is 3.38. The standard InChI is InChI=1S/C18H20BrN5O2/c1-12-4-5-17(13(2)6-12)26-11-23-9-15(7-20-23)22-18(25)10-24-14(3)16(19)8-21-24/h4-9H,10-11H2,1-3H3,(H,22,25). The number of anilines is 1. The molecular formula is C18H20BrN5O2. The largest absolute Gasteiger partial charge is 0.471 e. The molecule has 0 unspecified atom stereocenters. The first-order valence-electron chi connectivity index (χ1n) is 8.12. The lowest BCUT2D eigenvalue weighted by Crippen LogP contribution is -2.20. The Labute approximate surface area is 160 Å². The zero-order valence-corrected chi connectivity index (χ0v) is 16.4. The predicted molar refractivity (Wildman–Crippen MR) is 102 cm³/mol. The van der Waals surface area contributed by atoms with Gasteiger partial charge in [0.1, 0.15) is 12.3 Å². The number of hydrogen-bond acceptors (Lipinski definition) is 4. The molecule has 26 heavy (non-hydrogen) atoms. The molecule has 1 aromatic carbocycles. The minimum absolute atomic E-state index is 0.141. The fraction of sp³-hybridized carbons (Fsp3) is 0.278. The average Bonchev–Trinajstić information content (AvgIpc) is 3.15. The summed E-state index contributed by atoms with van der Waals surface area (Å²) in [4.78, 5) is 12.2. The Morgan fingerprint density at radius 1 is 1.23 bits per heavy atom. The lowest BCUT2D eigenvalue weighted by atomic mass is 10.1. The van der Waals surface area contributed by atoms with Gasteiger partial charge in [-0.25, -0.2) is 4.68 Å². The van der Waals surface area contributed by atoms with E-state index < -0.39 is 0 Å². The summed E-state index contributed by atoms with van der Waals surface area (Å²) in [6.07, 6.45) is 4.99. The van der Waals surface area contributed by atoms with Gasteiger partial charge in [0.25, 0.3) is 0 Å². The van der Waals surface area contributed by atoms with E-state index in [2.05, 4.69) is 37.5 Å². The van der Waals surface area contributed by atoms with Crippen LogP contribution in [-0.2, 0) is 18.1 Å². The molecule has 0 fully saturated rings. The van der Waals surface area contributed by atoms with Gasteiger partial charge < -0.3 is 10.1 Å². The molecule has 0 radical (unpaired) electrons. The zero-order valence-electron chi connectivity index (χ0n) is 14.9. The van der Waals surface area contributed by atoms with E-state index in [4.69, 9.17) is 4.74 Å². The van der Waals surface area contributed by atoms with Crippen molar-refractivity contribution in [1.29, 1.82) is 0 Å². The molecule has 7 nitrogen and oxygen atoms in total. The van der Waals surface area contributed by atoms with Crippen LogP contribution < -0.4 is 10.1 Å². The summed E-state index contributed by atoms with van der Waals surface area (Å²) in [6, 6.07) is 6.02. The van der Waals surface area contributed by atoms with Crippen LogP contribution in [0.3, 0.4) is 0 Å². The first-order valence-corrected chi connectivity index (χ1v) is 8.92. The number of benzene rings is 1. The van der Waals surface area contributed by atoms with Crippen LogP contribution >= 0.6 is 15.9 Å². The Balaban J connectivity index is 1.55. The van der Waals surface area contributed by atoms with E-state index in [1.165, 1.54) is 5.56 Å². The Bertz CT molecular complexity index is 932. The molecule has 0 bridgehead atoms. The number of rotatable bonds is 6. The summed E-state index contributed by atoms with van der Waals surface area (Å²) in [5.74, 6) is 0.648. The quantitative estimate of drug-likeness (QED) is 0.666. The second-order valence-corrected chi connectivity index (χ2v) is 6.95. The highest BCUT2D eigenvalue weighted by atomic mass is 79.9. The van der Waals surface area contributed by atoms with Gasteiger partial charge in [0.15, 0.2) is 6.73 Å². The summed E-state index contributed by atoms with van der Waals surface area (Å²) in [5, 5.41) is 11.2. The fourth-order valence-electron chi connectivity index (χ4n) is 2.52. The van der Waals surface area contributed by atoms with Crippen LogP contribution in [0, 0.1) is 20.8 Å². The van der Waals surface area contributed by atoms with Gasteiger partial charge in [0, 0.05) is 0 Å². The number of ether oxygens (including phenoxy) is 1. The van der Waals surface area contributed by atoms with E-state index >= 15 is 0 Å². The number of nitrogens with one attached hydrogen (secondary N) is 1. The van der Waals surface area contributed by atoms with Crippen molar-refractivity contribution in [3.63, 3.8) is 0 Å².